The molecule has 1 aromatic carbocycles. The second kappa shape index (κ2) is 14.5. The van der Waals surface area contributed by atoms with E-state index in [1.165, 1.54) is 12.5 Å². The zero-order valence-corrected chi connectivity index (χ0v) is 29.9. The third-order valence-electron chi connectivity index (χ3n) is 7.71. The number of aryl methyl sites for hydroxylation is 1. The van der Waals surface area contributed by atoms with Gasteiger partial charge in [-0.3, -0.25) is 9.78 Å². The van der Waals surface area contributed by atoms with Crippen LogP contribution in [0.25, 0.3) is 22.2 Å². The maximum absolute atomic E-state index is 12.6. The fraction of sp³-hybridized carbons (Fsp3) is 0.571. The van der Waals surface area contributed by atoms with Crippen molar-refractivity contribution in [1.82, 2.24) is 14.5 Å². The molecule has 8 nitrogen and oxygen atoms in total. The van der Waals surface area contributed by atoms with Crippen LogP contribution in [-0.2, 0) is 32.0 Å². The molecule has 1 aliphatic rings. The first-order valence-electron chi connectivity index (χ1n) is 15.6. The quantitative estimate of drug-likeness (QED) is 0.212. The smallest absolute Gasteiger partial charge is 0.410 e. The molecule has 0 saturated carbocycles. The molecule has 3 heterocycles. The molecule has 0 spiro atoms. The molecule has 1 atom stereocenters. The van der Waals surface area contributed by atoms with E-state index in [9.17, 15) is 9.59 Å². The van der Waals surface area contributed by atoms with Crippen molar-refractivity contribution >= 4 is 38.9 Å². The Morgan fingerprint density at radius 3 is 2.34 bits per heavy atom. The average molecular weight is 673 g/mol. The number of methoxy groups -OCH3 is 1. The summed E-state index contributed by atoms with van der Waals surface area (Å²) < 4.78 is 20.2. The van der Waals surface area contributed by atoms with Crippen LogP contribution in [0, 0.1) is 5.41 Å². The van der Waals surface area contributed by atoms with E-state index in [4.69, 9.17) is 19.2 Å². The number of carbonyl (C=O) groups excluding carboxylic acids is 2. The molecule has 44 heavy (non-hydrogen) atoms. The number of esters is 1. The highest BCUT2D eigenvalue weighted by molar-refractivity contribution is 9.10. The summed E-state index contributed by atoms with van der Waals surface area (Å²) in [5, 5.41) is 1.15. The number of pyridine rings is 1. The molecule has 1 aliphatic heterocycles. The summed E-state index contributed by atoms with van der Waals surface area (Å²) in [7, 11) is 1.70. The number of nitrogens with zero attached hydrogens (tertiary/aromatic N) is 3. The van der Waals surface area contributed by atoms with Gasteiger partial charge in [0.05, 0.1) is 24.1 Å². The van der Waals surface area contributed by atoms with Crippen LogP contribution >= 0.6 is 15.9 Å². The number of aromatic nitrogens is 2. The Morgan fingerprint density at radius 1 is 1.11 bits per heavy atom. The highest BCUT2D eigenvalue weighted by Crippen LogP contribution is 2.42. The molecular formula is C35H50BrN3O5. The first-order chi connectivity index (χ1) is 20.6. The number of halogens is 1. The average Bonchev–Trinajstić information content (AvgIpc) is 3.22. The summed E-state index contributed by atoms with van der Waals surface area (Å²) in [5.41, 5.74) is 5.53. The van der Waals surface area contributed by atoms with Gasteiger partial charge < -0.3 is 23.7 Å². The Labute approximate surface area is 271 Å². The van der Waals surface area contributed by atoms with Crippen molar-refractivity contribution in [1.29, 1.82) is 0 Å². The topological polar surface area (TPSA) is 82.9 Å². The molecule has 1 fully saturated rings. The number of carbonyl (C=O) groups is 2. The Bertz CT molecular complexity index is 1470. The number of fused-ring (bicyclic) bond motifs is 1. The minimum atomic E-state index is -0.531. The molecule has 1 saturated heterocycles. The highest BCUT2D eigenvalue weighted by Gasteiger charge is 2.36. The van der Waals surface area contributed by atoms with Gasteiger partial charge in [0.25, 0.3) is 0 Å². The van der Waals surface area contributed by atoms with Crippen LogP contribution in [0.15, 0.2) is 34.9 Å². The van der Waals surface area contributed by atoms with Crippen molar-refractivity contribution in [3.8, 4) is 11.3 Å². The van der Waals surface area contributed by atoms with E-state index in [0.717, 1.165) is 44.4 Å². The number of amides is 1. The van der Waals surface area contributed by atoms with Crippen LogP contribution in [0.1, 0.15) is 98.1 Å². The molecule has 3 aromatic rings. The van der Waals surface area contributed by atoms with E-state index >= 15 is 0 Å². The summed E-state index contributed by atoms with van der Waals surface area (Å²) >= 11 is 3.69. The van der Waals surface area contributed by atoms with Crippen molar-refractivity contribution in [3.63, 3.8) is 0 Å². The number of benzene rings is 1. The van der Waals surface area contributed by atoms with Crippen LogP contribution in [-0.4, -0.2) is 58.9 Å². The standard InChI is InChI=1S/C33H44BrN3O5.C2H6/c1-10-37-28-12-11-24(34)14-25(28)27(15-33(7,8)19-41-21(3)38)30(37)26-13-22(16-35-29(26)20(2)40-9)23-17-36(18-23)31(39)42-32(4,5)6;1-2/h11-14,16,20,23H,10,15,17-19H2,1-9H3;1-2H3. The van der Waals surface area contributed by atoms with E-state index in [0.29, 0.717) is 26.1 Å². The van der Waals surface area contributed by atoms with Gasteiger partial charge in [0.2, 0.25) is 0 Å². The summed E-state index contributed by atoms with van der Waals surface area (Å²) in [6.45, 7) is 21.7. The summed E-state index contributed by atoms with van der Waals surface area (Å²) in [5.74, 6) is -0.121. The number of hydrogen-bond donors (Lipinski definition) is 0. The van der Waals surface area contributed by atoms with Crippen molar-refractivity contribution < 1.29 is 23.8 Å². The molecule has 1 unspecified atom stereocenters. The second-order valence-electron chi connectivity index (χ2n) is 13.0. The Morgan fingerprint density at radius 2 is 1.77 bits per heavy atom. The van der Waals surface area contributed by atoms with Crippen molar-refractivity contribution in [2.75, 3.05) is 26.8 Å². The number of hydrogen-bond acceptors (Lipinski definition) is 6. The predicted octanol–water partition coefficient (Wildman–Crippen LogP) is 8.69. The Kier molecular flexibility index (Phi) is 11.7. The van der Waals surface area contributed by atoms with Crippen molar-refractivity contribution in [2.24, 2.45) is 5.41 Å². The van der Waals surface area contributed by atoms with E-state index in [1.54, 1.807) is 12.0 Å². The molecule has 0 bridgehead atoms. The lowest BCUT2D eigenvalue weighted by Gasteiger charge is -2.40. The minimum absolute atomic E-state index is 0.160. The first-order valence-corrected chi connectivity index (χ1v) is 16.4. The van der Waals surface area contributed by atoms with Gasteiger partial charge in [-0.15, -0.1) is 0 Å². The van der Waals surface area contributed by atoms with E-state index < -0.39 is 5.60 Å². The molecule has 4 rings (SSSR count). The summed E-state index contributed by atoms with van der Waals surface area (Å²) in [6.07, 6.45) is 2.10. The highest BCUT2D eigenvalue weighted by atomic mass is 79.9. The van der Waals surface area contributed by atoms with Crippen LogP contribution in [0.5, 0.6) is 0 Å². The SMILES string of the molecule is CC.CCn1c(-c2cc(C3CN(C(=O)OC(C)(C)C)C3)cnc2C(C)OC)c(CC(C)(C)COC(C)=O)c2cc(Br)ccc21. The fourth-order valence-corrected chi connectivity index (χ4v) is 5.90. The minimum Gasteiger partial charge on any atom is -0.465 e. The van der Waals surface area contributed by atoms with Crippen LogP contribution in [0.2, 0.25) is 0 Å². The van der Waals surface area contributed by atoms with E-state index in [-0.39, 0.29) is 29.5 Å². The molecule has 0 N–H and O–H groups in total. The lowest BCUT2D eigenvalue weighted by molar-refractivity contribution is -0.143. The fourth-order valence-electron chi connectivity index (χ4n) is 5.54. The van der Waals surface area contributed by atoms with Gasteiger partial charge in [0.15, 0.2) is 0 Å². The molecular weight excluding hydrogens is 622 g/mol. The van der Waals surface area contributed by atoms with Gasteiger partial charge in [-0.05, 0) is 76.4 Å². The van der Waals surface area contributed by atoms with Crippen LogP contribution in [0.3, 0.4) is 0 Å². The van der Waals surface area contributed by atoms with Crippen molar-refractivity contribution in [3.05, 3.63) is 51.8 Å². The van der Waals surface area contributed by atoms with Gasteiger partial charge in [0.1, 0.15) is 5.60 Å². The third kappa shape index (κ3) is 8.21. The summed E-state index contributed by atoms with van der Waals surface area (Å²) in [4.78, 5) is 31.0. The molecule has 9 heteroatoms. The largest absolute Gasteiger partial charge is 0.465 e. The van der Waals surface area contributed by atoms with E-state index in [1.807, 2.05) is 47.7 Å². The molecule has 0 aliphatic carbocycles. The maximum Gasteiger partial charge on any atom is 0.410 e. The first kappa shape index (κ1) is 35.6. The van der Waals surface area contributed by atoms with Crippen molar-refractivity contribution in [2.45, 2.75) is 99.8 Å². The maximum atomic E-state index is 12.6. The zero-order valence-electron chi connectivity index (χ0n) is 28.3. The molecule has 1 amide bonds. The Balaban J connectivity index is 0.00000259. The number of likely N-dealkylation sites (tertiary alicyclic amines) is 1. The second-order valence-corrected chi connectivity index (χ2v) is 13.9. The predicted molar refractivity (Wildman–Crippen MR) is 180 cm³/mol. The normalized spacial score (nSPS) is 14.5. The van der Waals surface area contributed by atoms with Gasteiger partial charge >= 0.3 is 12.1 Å². The Hall–Kier alpha value is -2.91. The monoisotopic (exact) mass is 671 g/mol. The van der Waals surface area contributed by atoms with Crippen LogP contribution in [0.4, 0.5) is 4.79 Å². The lowest BCUT2D eigenvalue weighted by Crippen LogP contribution is -2.50. The molecule has 242 valence electrons. The third-order valence-corrected chi connectivity index (χ3v) is 8.20. The van der Waals surface area contributed by atoms with Gasteiger partial charge in [-0.2, -0.15) is 0 Å². The molecule has 0 radical (unpaired) electrons. The van der Waals surface area contributed by atoms with E-state index in [2.05, 4.69) is 65.5 Å². The lowest BCUT2D eigenvalue weighted by atomic mass is 9.83. The van der Waals surface area contributed by atoms with Crippen LogP contribution < -0.4 is 0 Å². The van der Waals surface area contributed by atoms with Gasteiger partial charge in [0, 0.05) is 72.1 Å². The summed E-state index contributed by atoms with van der Waals surface area (Å²) in [6, 6.07) is 8.62. The van der Waals surface area contributed by atoms with Gasteiger partial charge in [-0.25, -0.2) is 4.79 Å². The molecule has 2 aromatic heterocycles. The van der Waals surface area contributed by atoms with Gasteiger partial charge in [-0.1, -0.05) is 43.6 Å². The number of ether oxygens (including phenoxy) is 3. The zero-order chi connectivity index (χ0) is 33.0. The number of rotatable bonds is 9.